The molecule has 0 radical (unpaired) electrons. The van der Waals surface area contributed by atoms with E-state index in [1.807, 2.05) is 0 Å². The fourth-order valence-corrected chi connectivity index (χ4v) is 6.41. The highest BCUT2D eigenvalue weighted by Crippen LogP contribution is 2.51. The molecule has 5 atom stereocenters. The molecule has 0 amide bonds. The molecular formula is C26H43N6O11PS2. The summed E-state index contributed by atoms with van der Waals surface area (Å²) < 4.78 is 60.3. The summed E-state index contributed by atoms with van der Waals surface area (Å²) in [5.41, 5.74) is -0.480. The zero-order chi connectivity index (χ0) is 34.7. The van der Waals surface area contributed by atoms with Gasteiger partial charge in [-0.15, -0.1) is 4.83 Å². The van der Waals surface area contributed by atoms with Crippen molar-refractivity contribution in [3.05, 3.63) is 12.7 Å². The number of ether oxygens (including phenoxy) is 1. The van der Waals surface area contributed by atoms with Gasteiger partial charge >= 0.3 is 7.82 Å². The first kappa shape index (κ1) is 38.4. The van der Waals surface area contributed by atoms with Crippen LogP contribution in [0.4, 0.5) is 5.82 Å². The number of anilines is 1. The number of carbonyl (C=O) groups excluding carboxylic acids is 2. The Bertz CT molecular complexity index is 1560. The van der Waals surface area contributed by atoms with Gasteiger partial charge in [-0.1, -0.05) is 53.3 Å². The van der Waals surface area contributed by atoms with Crippen molar-refractivity contribution in [2.45, 2.75) is 78.9 Å². The number of Topliss-reactive ketones (excluding diaryl/α,β-unsaturated/α-hetero) is 1. The van der Waals surface area contributed by atoms with Gasteiger partial charge in [0.2, 0.25) is 10.0 Å². The molecular weight excluding hydrogens is 667 g/mol. The summed E-state index contributed by atoms with van der Waals surface area (Å²) in [6.45, 7) is 10.8. The lowest BCUT2D eigenvalue weighted by Crippen LogP contribution is -2.44. The first-order chi connectivity index (χ1) is 21.1. The Morgan fingerprint density at radius 2 is 1.76 bits per heavy atom. The maximum absolute atomic E-state index is 13.6. The van der Waals surface area contributed by atoms with E-state index in [0.717, 1.165) is 24.3 Å². The van der Waals surface area contributed by atoms with E-state index in [0.29, 0.717) is 0 Å². The minimum absolute atomic E-state index is 0.0230. The predicted octanol–water partition coefficient (Wildman–Crippen LogP) is 2.18. The maximum atomic E-state index is 13.6. The fraction of sp³-hybridized carbons (Fsp3) is 0.731. The Kier molecular flexibility index (Phi) is 12.2. The molecule has 0 spiro atoms. The molecule has 0 aliphatic carbocycles. The molecule has 2 aromatic heterocycles. The van der Waals surface area contributed by atoms with E-state index in [2.05, 4.69) is 25.2 Å². The van der Waals surface area contributed by atoms with Crippen LogP contribution in [0.25, 0.3) is 11.2 Å². The smallest absolute Gasteiger partial charge is 0.387 e. The number of phosphoric acid groups is 1. The number of hydrogen-bond acceptors (Lipinski definition) is 16. The Morgan fingerprint density at radius 1 is 1.11 bits per heavy atom. The van der Waals surface area contributed by atoms with Crippen LogP contribution in [-0.4, -0.2) is 98.7 Å². The SMILES string of the molecule is CC(C)(C)C(=O)CCOP(=O)(OCCSC(=O)C(C)(C)C)OC[C@H]1O[C@@H](n2cnc3c(NNS(C)(=O)=O)ncnc32)[C@](C)(O)[C@@H]1O. The predicted molar refractivity (Wildman–Crippen MR) is 169 cm³/mol. The number of aliphatic hydroxyl groups excluding tert-OH is 1. The van der Waals surface area contributed by atoms with Crippen molar-refractivity contribution in [1.82, 2.24) is 24.4 Å². The van der Waals surface area contributed by atoms with Crippen LogP contribution in [0.15, 0.2) is 12.7 Å². The highest BCUT2D eigenvalue weighted by molar-refractivity contribution is 8.13. The molecule has 260 valence electrons. The number of fused-ring (bicyclic) bond motifs is 1. The fourth-order valence-electron chi connectivity index (χ4n) is 4.04. The van der Waals surface area contributed by atoms with Gasteiger partial charge in [0, 0.05) is 23.0 Å². The van der Waals surface area contributed by atoms with E-state index in [9.17, 15) is 32.8 Å². The molecule has 1 aliphatic rings. The van der Waals surface area contributed by atoms with Gasteiger partial charge < -0.3 is 14.9 Å². The van der Waals surface area contributed by atoms with Crippen LogP contribution in [0, 0.1) is 10.8 Å². The number of hydrazine groups is 1. The lowest BCUT2D eigenvalue weighted by atomic mass is 9.89. The van der Waals surface area contributed by atoms with Gasteiger partial charge in [-0.3, -0.25) is 33.2 Å². The quantitative estimate of drug-likeness (QED) is 0.118. The number of aliphatic hydroxyl groups is 2. The van der Waals surface area contributed by atoms with Crippen molar-refractivity contribution in [1.29, 1.82) is 0 Å². The summed E-state index contributed by atoms with van der Waals surface area (Å²) in [5, 5.41) is 22.2. The van der Waals surface area contributed by atoms with Crippen LogP contribution >= 0.6 is 19.6 Å². The van der Waals surface area contributed by atoms with Gasteiger partial charge in [0.1, 0.15) is 29.9 Å². The normalized spacial score (nSPS) is 23.8. The number of phosphoric ester groups is 1. The number of aromatic nitrogens is 4. The number of thioether (sulfide) groups is 1. The molecule has 17 nitrogen and oxygen atoms in total. The lowest BCUT2D eigenvalue weighted by molar-refractivity contribution is -0.126. The van der Waals surface area contributed by atoms with Crippen molar-refractivity contribution in [3.63, 3.8) is 0 Å². The minimum atomic E-state index is -4.35. The molecule has 3 rings (SSSR count). The number of nitrogens with zero attached hydrogens (tertiary/aromatic N) is 4. The molecule has 0 bridgehead atoms. The number of rotatable bonds is 15. The Balaban J connectivity index is 1.75. The molecule has 1 saturated heterocycles. The highest BCUT2D eigenvalue weighted by Gasteiger charge is 2.54. The van der Waals surface area contributed by atoms with Crippen LogP contribution in [0.1, 0.15) is 61.1 Å². The van der Waals surface area contributed by atoms with Crippen molar-refractivity contribution < 1.29 is 51.1 Å². The minimum Gasteiger partial charge on any atom is -0.387 e. The van der Waals surface area contributed by atoms with E-state index in [1.165, 1.54) is 17.8 Å². The monoisotopic (exact) mass is 710 g/mol. The van der Waals surface area contributed by atoms with E-state index < -0.39 is 59.3 Å². The van der Waals surface area contributed by atoms with Crippen LogP contribution in [0.2, 0.25) is 0 Å². The standard InChI is InChI=1S/C26H43N6O11PS2/c1-24(2,3)17(33)9-10-40-44(37,41-11-12-45-23(35)25(4,5)6)42-13-16-19(34)26(7,36)22(43-16)32-15-29-18-20(27-14-28-21(18)32)30-31-46(8,38)39/h14-16,19,22,31,34,36H,9-13H2,1-8H3,(H,27,28,30)/t16-,19-,22-,26-,44?/m1/s1. The molecule has 2 aromatic rings. The molecule has 20 heteroatoms. The number of sulfonamides is 1. The third kappa shape index (κ3) is 9.98. The number of hydrogen-bond donors (Lipinski definition) is 4. The van der Waals surface area contributed by atoms with Crippen LogP contribution < -0.4 is 10.3 Å². The zero-order valence-electron chi connectivity index (χ0n) is 27.0. The molecule has 0 saturated carbocycles. The van der Waals surface area contributed by atoms with Gasteiger partial charge in [-0.2, -0.15) is 0 Å². The third-order valence-corrected chi connectivity index (χ3v) is 9.89. The van der Waals surface area contributed by atoms with Crippen molar-refractivity contribution in [2.75, 3.05) is 37.3 Å². The molecule has 1 unspecified atom stereocenters. The summed E-state index contributed by atoms with van der Waals surface area (Å²) >= 11 is 0.999. The second-order valence-electron chi connectivity index (χ2n) is 13.0. The van der Waals surface area contributed by atoms with Gasteiger partial charge in [0.15, 0.2) is 28.3 Å². The summed E-state index contributed by atoms with van der Waals surface area (Å²) in [7, 11) is -7.98. The Morgan fingerprint density at radius 3 is 2.37 bits per heavy atom. The van der Waals surface area contributed by atoms with Crippen LogP contribution in [0.3, 0.4) is 0 Å². The molecule has 0 aromatic carbocycles. The number of carbonyl (C=O) groups is 2. The summed E-state index contributed by atoms with van der Waals surface area (Å²) in [6, 6.07) is 0. The molecule has 1 fully saturated rings. The van der Waals surface area contributed by atoms with Crippen molar-refractivity contribution in [3.8, 4) is 0 Å². The van der Waals surface area contributed by atoms with Crippen LogP contribution in [-0.2, 0) is 42.5 Å². The number of ketones is 1. The highest BCUT2D eigenvalue weighted by atomic mass is 32.2. The number of nitrogens with one attached hydrogen (secondary N) is 2. The van der Waals surface area contributed by atoms with E-state index in [1.54, 1.807) is 41.5 Å². The second kappa shape index (κ2) is 14.6. The largest absolute Gasteiger partial charge is 0.474 e. The Labute approximate surface area is 272 Å². The average Bonchev–Trinajstić information content (AvgIpc) is 3.45. The van der Waals surface area contributed by atoms with E-state index in [-0.39, 0.29) is 53.3 Å². The molecule has 1 aliphatic heterocycles. The number of imidazole rings is 1. The van der Waals surface area contributed by atoms with Crippen LogP contribution in [0.5, 0.6) is 0 Å². The summed E-state index contributed by atoms with van der Waals surface area (Å²) in [6.07, 6.45) is -0.831. The topological polar surface area (TPSA) is 230 Å². The molecule has 46 heavy (non-hydrogen) atoms. The lowest BCUT2D eigenvalue weighted by Gasteiger charge is -2.27. The van der Waals surface area contributed by atoms with Crippen molar-refractivity contribution in [2.24, 2.45) is 10.8 Å². The Hall–Kier alpha value is -2.06. The van der Waals surface area contributed by atoms with E-state index >= 15 is 0 Å². The van der Waals surface area contributed by atoms with Gasteiger partial charge in [0.25, 0.3) is 0 Å². The van der Waals surface area contributed by atoms with Gasteiger partial charge in [-0.25, -0.2) is 27.9 Å². The van der Waals surface area contributed by atoms with E-state index in [4.69, 9.17) is 18.3 Å². The second-order valence-corrected chi connectivity index (χ2v) is 17.4. The summed E-state index contributed by atoms with van der Waals surface area (Å²) in [5.74, 6) is 0.0366. The molecule has 4 N–H and O–H groups in total. The third-order valence-electron chi connectivity index (χ3n) is 6.71. The first-order valence-corrected chi connectivity index (χ1v) is 18.6. The first-order valence-electron chi connectivity index (χ1n) is 14.3. The van der Waals surface area contributed by atoms with Gasteiger partial charge in [0.05, 0.1) is 32.4 Å². The maximum Gasteiger partial charge on any atom is 0.474 e. The summed E-state index contributed by atoms with van der Waals surface area (Å²) in [4.78, 5) is 39.0. The van der Waals surface area contributed by atoms with Crippen molar-refractivity contribution >= 4 is 57.5 Å². The zero-order valence-corrected chi connectivity index (χ0v) is 29.6. The molecule has 3 heterocycles. The van der Waals surface area contributed by atoms with Gasteiger partial charge in [-0.05, 0) is 6.92 Å². The average molecular weight is 711 g/mol.